The van der Waals surface area contributed by atoms with Gasteiger partial charge in [0.1, 0.15) is 11.2 Å². The van der Waals surface area contributed by atoms with Gasteiger partial charge in [-0.25, -0.2) is 14.2 Å². The van der Waals surface area contributed by atoms with Gasteiger partial charge in [0, 0.05) is 11.1 Å². The van der Waals surface area contributed by atoms with E-state index >= 15 is 0 Å². The van der Waals surface area contributed by atoms with E-state index in [2.05, 4.69) is 4.99 Å². The lowest BCUT2D eigenvalue weighted by atomic mass is 10.2. The molecule has 0 N–H and O–H groups in total. The van der Waals surface area contributed by atoms with Gasteiger partial charge in [-0.2, -0.15) is 0 Å². The third-order valence-corrected chi connectivity index (χ3v) is 3.35. The highest BCUT2D eigenvalue weighted by Gasteiger charge is 2.21. The average molecular weight is 328 g/mol. The van der Waals surface area contributed by atoms with Crippen LogP contribution in [0.1, 0.15) is 53.3 Å². The molecule has 0 aliphatic carbocycles. The Morgan fingerprint density at radius 1 is 1.14 bits per heavy atom. The topological polar surface area (TPSA) is 69.9 Å². The highest BCUT2D eigenvalue weighted by atomic mass is 32.1. The van der Waals surface area contributed by atoms with Crippen molar-refractivity contribution in [2.45, 2.75) is 66.1 Å². The Kier molecular flexibility index (Phi) is 5.56. The number of rotatable bonds is 1. The van der Waals surface area contributed by atoms with Crippen LogP contribution in [0.25, 0.3) is 0 Å². The average Bonchev–Trinajstić information content (AvgIpc) is 2.67. The van der Waals surface area contributed by atoms with Crippen molar-refractivity contribution >= 4 is 23.5 Å². The minimum Gasteiger partial charge on any atom is -0.443 e. The summed E-state index contributed by atoms with van der Waals surface area (Å²) < 4.78 is 11.7. The standard InChI is InChI=1S/C15H24N2O4S/c1-8-10-9-17(13(19)21-15(5,6)7)11(22-10)16-12(18)20-14(2,3)4/h9H,8H2,1-7H3. The molecule has 124 valence electrons. The summed E-state index contributed by atoms with van der Waals surface area (Å²) in [5.74, 6) is 0. The molecule has 1 aromatic rings. The van der Waals surface area contributed by atoms with E-state index < -0.39 is 23.4 Å². The molecular formula is C15H24N2O4S. The summed E-state index contributed by atoms with van der Waals surface area (Å²) in [6.07, 6.45) is 1.08. The molecule has 0 saturated heterocycles. The first-order valence-electron chi connectivity index (χ1n) is 7.13. The predicted molar refractivity (Wildman–Crippen MR) is 85.1 cm³/mol. The van der Waals surface area contributed by atoms with Crippen LogP contribution in [-0.4, -0.2) is 28.0 Å². The van der Waals surface area contributed by atoms with Gasteiger partial charge in [-0.05, 0) is 48.0 Å². The zero-order valence-corrected chi connectivity index (χ0v) is 15.0. The Labute approximate surface area is 134 Å². The van der Waals surface area contributed by atoms with Crippen LogP contribution in [0.3, 0.4) is 0 Å². The molecule has 1 amide bonds. The van der Waals surface area contributed by atoms with Crippen molar-refractivity contribution in [2.75, 3.05) is 0 Å². The normalized spacial score (nSPS) is 13.1. The van der Waals surface area contributed by atoms with Gasteiger partial charge in [-0.1, -0.05) is 6.92 Å². The Hall–Kier alpha value is -1.63. The monoisotopic (exact) mass is 328 g/mol. The second-order valence-corrected chi connectivity index (χ2v) is 7.87. The smallest absolute Gasteiger partial charge is 0.436 e. The maximum absolute atomic E-state index is 12.2. The Morgan fingerprint density at radius 3 is 2.14 bits per heavy atom. The van der Waals surface area contributed by atoms with E-state index in [1.807, 2.05) is 6.92 Å². The molecule has 0 fully saturated rings. The molecule has 0 spiro atoms. The number of aryl methyl sites for hydroxylation is 1. The molecule has 0 bridgehead atoms. The van der Waals surface area contributed by atoms with Crippen molar-refractivity contribution < 1.29 is 19.1 Å². The van der Waals surface area contributed by atoms with Crippen LogP contribution >= 0.6 is 11.3 Å². The number of thiazole rings is 1. The van der Waals surface area contributed by atoms with E-state index in [1.165, 1.54) is 15.9 Å². The number of amides is 1. The zero-order valence-electron chi connectivity index (χ0n) is 14.2. The quantitative estimate of drug-likeness (QED) is 0.787. The first-order chi connectivity index (χ1) is 9.91. The summed E-state index contributed by atoms with van der Waals surface area (Å²) in [5, 5.41) is 0. The van der Waals surface area contributed by atoms with Crippen LogP contribution < -0.4 is 4.80 Å². The molecule has 0 saturated carbocycles. The Balaban J connectivity index is 3.16. The molecule has 0 aromatic carbocycles. The number of hydrogen-bond donors (Lipinski definition) is 0. The second-order valence-electron chi connectivity index (χ2n) is 6.78. The van der Waals surface area contributed by atoms with Gasteiger partial charge in [-0.15, -0.1) is 16.3 Å². The van der Waals surface area contributed by atoms with E-state index in [-0.39, 0.29) is 4.80 Å². The summed E-state index contributed by atoms with van der Waals surface area (Å²) in [6.45, 7) is 12.6. The fourth-order valence-corrected chi connectivity index (χ4v) is 2.32. The maximum Gasteiger partial charge on any atom is 0.436 e. The van der Waals surface area contributed by atoms with Crippen molar-refractivity contribution in [3.05, 3.63) is 15.9 Å². The molecule has 0 aliphatic heterocycles. The van der Waals surface area contributed by atoms with Gasteiger partial charge in [0.2, 0.25) is 4.80 Å². The summed E-state index contributed by atoms with van der Waals surface area (Å²) in [5.41, 5.74) is -1.26. The Morgan fingerprint density at radius 2 is 1.68 bits per heavy atom. The van der Waals surface area contributed by atoms with Gasteiger partial charge in [0.05, 0.1) is 0 Å². The lowest BCUT2D eigenvalue weighted by molar-refractivity contribution is 0.0529. The number of carbonyl (C=O) groups excluding carboxylic acids is 2. The van der Waals surface area contributed by atoms with Gasteiger partial charge in [0.25, 0.3) is 0 Å². The molecule has 0 atom stereocenters. The third kappa shape index (κ3) is 6.01. The fourth-order valence-electron chi connectivity index (χ4n) is 1.44. The van der Waals surface area contributed by atoms with Crippen molar-refractivity contribution in [3.63, 3.8) is 0 Å². The van der Waals surface area contributed by atoms with Crippen LogP contribution in [0.5, 0.6) is 0 Å². The lowest BCUT2D eigenvalue weighted by Crippen LogP contribution is -2.32. The summed E-state index contributed by atoms with van der Waals surface area (Å²) in [7, 11) is 0. The molecule has 1 heterocycles. The van der Waals surface area contributed by atoms with E-state index in [4.69, 9.17) is 9.47 Å². The number of carbonyl (C=O) groups is 2. The molecule has 22 heavy (non-hydrogen) atoms. The highest BCUT2D eigenvalue weighted by molar-refractivity contribution is 7.09. The van der Waals surface area contributed by atoms with Gasteiger partial charge in [-0.3, -0.25) is 0 Å². The van der Waals surface area contributed by atoms with E-state index in [0.717, 1.165) is 11.3 Å². The van der Waals surface area contributed by atoms with Crippen LogP contribution in [0.15, 0.2) is 11.2 Å². The van der Waals surface area contributed by atoms with E-state index in [0.29, 0.717) is 0 Å². The van der Waals surface area contributed by atoms with E-state index in [9.17, 15) is 9.59 Å². The van der Waals surface area contributed by atoms with Crippen LogP contribution in [0.2, 0.25) is 0 Å². The molecule has 0 unspecified atom stereocenters. The summed E-state index contributed by atoms with van der Waals surface area (Å²) >= 11 is 1.26. The minimum atomic E-state index is -0.727. The largest absolute Gasteiger partial charge is 0.443 e. The van der Waals surface area contributed by atoms with Crippen molar-refractivity contribution in [1.29, 1.82) is 0 Å². The zero-order chi connectivity index (χ0) is 17.1. The number of aromatic nitrogens is 1. The molecule has 0 radical (unpaired) electrons. The van der Waals surface area contributed by atoms with Gasteiger partial charge >= 0.3 is 12.2 Å². The SMILES string of the molecule is CCc1cn(C(=O)OC(C)(C)C)c(=NC(=O)OC(C)(C)C)s1. The Bertz CT molecular complexity index is 615. The van der Waals surface area contributed by atoms with Crippen LogP contribution in [-0.2, 0) is 15.9 Å². The highest BCUT2D eigenvalue weighted by Crippen LogP contribution is 2.12. The molecule has 0 aliphatic rings. The molecular weight excluding hydrogens is 304 g/mol. The molecule has 1 rings (SSSR count). The van der Waals surface area contributed by atoms with E-state index in [1.54, 1.807) is 47.7 Å². The number of nitrogens with zero attached hydrogens (tertiary/aromatic N) is 2. The number of hydrogen-bond acceptors (Lipinski definition) is 5. The van der Waals surface area contributed by atoms with Crippen LogP contribution in [0.4, 0.5) is 9.59 Å². The molecule has 6 nitrogen and oxygen atoms in total. The predicted octanol–water partition coefficient (Wildman–Crippen LogP) is 3.73. The third-order valence-electron chi connectivity index (χ3n) is 2.22. The lowest BCUT2D eigenvalue weighted by Gasteiger charge is -2.19. The van der Waals surface area contributed by atoms with Gasteiger partial charge in [0.15, 0.2) is 0 Å². The van der Waals surface area contributed by atoms with Crippen LogP contribution in [0, 0.1) is 0 Å². The summed E-state index contributed by atoms with van der Waals surface area (Å²) in [6, 6.07) is 0. The fraction of sp³-hybridized carbons (Fsp3) is 0.667. The first-order valence-corrected chi connectivity index (χ1v) is 7.95. The second kappa shape index (κ2) is 6.64. The molecule has 1 aromatic heterocycles. The van der Waals surface area contributed by atoms with Crippen molar-refractivity contribution in [2.24, 2.45) is 4.99 Å². The van der Waals surface area contributed by atoms with Gasteiger partial charge < -0.3 is 9.47 Å². The maximum atomic E-state index is 12.2. The first kappa shape index (κ1) is 18.4. The number of ether oxygens (including phenoxy) is 2. The molecule has 7 heteroatoms. The van der Waals surface area contributed by atoms with Crippen molar-refractivity contribution in [1.82, 2.24) is 4.57 Å². The minimum absolute atomic E-state index is 0.250. The summed E-state index contributed by atoms with van der Waals surface area (Å²) in [4.78, 5) is 29.1. The van der Waals surface area contributed by atoms with Crippen molar-refractivity contribution in [3.8, 4) is 0 Å².